The topological polar surface area (TPSA) is 54.0 Å². The zero-order valence-electron chi connectivity index (χ0n) is 9.66. The zero-order chi connectivity index (χ0) is 11.5. The van der Waals surface area contributed by atoms with Crippen molar-refractivity contribution in [2.45, 2.75) is 26.3 Å². The molecule has 0 aliphatic carbocycles. The van der Waals surface area contributed by atoms with Crippen LogP contribution in [0.1, 0.15) is 19.0 Å². The Morgan fingerprint density at radius 1 is 1.62 bits per heavy atom. The van der Waals surface area contributed by atoms with E-state index in [-0.39, 0.29) is 17.9 Å². The Labute approximate surface area is 95.5 Å². The number of anilines is 1. The van der Waals surface area contributed by atoms with E-state index in [0.29, 0.717) is 0 Å². The van der Waals surface area contributed by atoms with Gasteiger partial charge in [-0.3, -0.25) is 9.78 Å². The number of carbonyl (C=O) groups excluding carboxylic acids is 1. The van der Waals surface area contributed by atoms with Crippen LogP contribution in [0.3, 0.4) is 0 Å². The molecule has 0 saturated carbocycles. The molecule has 2 atom stereocenters. The number of hydrogen-bond donors (Lipinski definition) is 2. The number of rotatable bonds is 2. The van der Waals surface area contributed by atoms with E-state index in [2.05, 4.69) is 22.5 Å². The highest BCUT2D eigenvalue weighted by Gasteiger charge is 2.29. The number of nitrogens with zero attached hydrogens (tertiary/aromatic N) is 1. The van der Waals surface area contributed by atoms with Gasteiger partial charge in [0.15, 0.2) is 0 Å². The van der Waals surface area contributed by atoms with Crippen LogP contribution in [-0.4, -0.2) is 23.5 Å². The maximum absolute atomic E-state index is 12.0. The van der Waals surface area contributed by atoms with Crippen LogP contribution < -0.4 is 10.6 Å². The molecule has 1 saturated heterocycles. The van der Waals surface area contributed by atoms with Crippen LogP contribution >= 0.6 is 0 Å². The van der Waals surface area contributed by atoms with Crippen LogP contribution in [0, 0.1) is 12.8 Å². The summed E-state index contributed by atoms with van der Waals surface area (Å²) >= 11 is 0. The molecule has 1 aliphatic heterocycles. The monoisotopic (exact) mass is 219 g/mol. The molecule has 1 amide bonds. The fourth-order valence-electron chi connectivity index (χ4n) is 2.08. The van der Waals surface area contributed by atoms with Crippen LogP contribution in [0.15, 0.2) is 18.3 Å². The Balaban J connectivity index is 2.02. The van der Waals surface area contributed by atoms with Gasteiger partial charge in [-0.25, -0.2) is 0 Å². The molecule has 2 heterocycles. The molecule has 0 radical (unpaired) electrons. The van der Waals surface area contributed by atoms with Gasteiger partial charge >= 0.3 is 0 Å². The first-order valence-corrected chi connectivity index (χ1v) is 5.64. The number of hydrogen-bond acceptors (Lipinski definition) is 3. The summed E-state index contributed by atoms with van der Waals surface area (Å²) in [6.45, 7) is 4.89. The minimum atomic E-state index is 0.0773. The minimum absolute atomic E-state index is 0.0773. The quantitative estimate of drug-likeness (QED) is 0.789. The van der Waals surface area contributed by atoms with Gasteiger partial charge in [-0.2, -0.15) is 0 Å². The van der Waals surface area contributed by atoms with Gasteiger partial charge in [0.2, 0.25) is 5.91 Å². The minimum Gasteiger partial charge on any atom is -0.326 e. The average molecular weight is 219 g/mol. The van der Waals surface area contributed by atoms with Gasteiger partial charge < -0.3 is 10.6 Å². The number of nitrogens with one attached hydrogen (secondary N) is 2. The maximum atomic E-state index is 12.0. The summed E-state index contributed by atoms with van der Waals surface area (Å²) in [5.74, 6) is 0.177. The van der Waals surface area contributed by atoms with Crippen molar-refractivity contribution in [2.75, 3.05) is 11.9 Å². The second-order valence-electron chi connectivity index (χ2n) is 4.31. The Morgan fingerprint density at radius 3 is 3.06 bits per heavy atom. The first-order chi connectivity index (χ1) is 7.66. The van der Waals surface area contributed by atoms with E-state index in [1.807, 2.05) is 19.1 Å². The van der Waals surface area contributed by atoms with Crippen molar-refractivity contribution in [3.05, 3.63) is 24.0 Å². The average Bonchev–Trinajstić information content (AvgIpc) is 2.64. The molecule has 4 heteroatoms. The predicted octanol–water partition coefficient (Wildman–Crippen LogP) is 1.33. The van der Waals surface area contributed by atoms with Gasteiger partial charge in [0.1, 0.15) is 0 Å². The fraction of sp³-hybridized carbons (Fsp3) is 0.500. The number of aromatic nitrogens is 1. The smallest absolute Gasteiger partial charge is 0.229 e. The maximum Gasteiger partial charge on any atom is 0.229 e. The molecule has 0 aromatic carbocycles. The summed E-state index contributed by atoms with van der Waals surface area (Å²) in [5, 5.41) is 6.21. The van der Waals surface area contributed by atoms with Crippen LogP contribution in [-0.2, 0) is 4.79 Å². The van der Waals surface area contributed by atoms with Crippen molar-refractivity contribution >= 4 is 11.6 Å². The summed E-state index contributed by atoms with van der Waals surface area (Å²) in [7, 11) is 0. The molecule has 1 aliphatic rings. The second-order valence-corrected chi connectivity index (χ2v) is 4.31. The number of aryl methyl sites for hydroxylation is 1. The van der Waals surface area contributed by atoms with Crippen molar-refractivity contribution in [1.82, 2.24) is 10.3 Å². The molecule has 2 N–H and O–H groups in total. The first-order valence-electron chi connectivity index (χ1n) is 5.64. The van der Waals surface area contributed by atoms with Crippen LogP contribution in [0.2, 0.25) is 0 Å². The Bertz CT molecular complexity index is 392. The Kier molecular flexibility index (Phi) is 3.19. The summed E-state index contributed by atoms with van der Waals surface area (Å²) in [4.78, 5) is 16.1. The highest BCUT2D eigenvalue weighted by atomic mass is 16.1. The molecule has 2 unspecified atom stereocenters. The summed E-state index contributed by atoms with van der Waals surface area (Å²) in [5.41, 5.74) is 1.74. The van der Waals surface area contributed by atoms with E-state index in [9.17, 15) is 4.79 Å². The molecule has 1 fully saturated rings. The normalized spacial score (nSPS) is 24.4. The van der Waals surface area contributed by atoms with Gasteiger partial charge in [-0.15, -0.1) is 0 Å². The molecule has 0 bridgehead atoms. The third-order valence-electron chi connectivity index (χ3n) is 3.03. The van der Waals surface area contributed by atoms with Crippen molar-refractivity contribution in [2.24, 2.45) is 5.92 Å². The molecule has 4 nitrogen and oxygen atoms in total. The zero-order valence-corrected chi connectivity index (χ0v) is 9.66. The lowest BCUT2D eigenvalue weighted by Crippen LogP contribution is -2.32. The SMILES string of the molecule is Cc1cc(NC(=O)C2CCNC2C)ccn1. The van der Waals surface area contributed by atoms with Crippen molar-refractivity contribution < 1.29 is 4.79 Å². The van der Waals surface area contributed by atoms with E-state index in [4.69, 9.17) is 0 Å². The lowest BCUT2D eigenvalue weighted by molar-refractivity contribution is -0.119. The summed E-state index contributed by atoms with van der Waals surface area (Å²) in [6, 6.07) is 3.96. The fourth-order valence-corrected chi connectivity index (χ4v) is 2.08. The number of pyridine rings is 1. The first kappa shape index (κ1) is 11.1. The standard InChI is InChI=1S/C12H17N3O/c1-8-7-10(3-5-13-8)15-12(16)11-4-6-14-9(11)2/h3,5,7,9,11,14H,4,6H2,1-2H3,(H,13,15,16). The van der Waals surface area contributed by atoms with E-state index >= 15 is 0 Å². The van der Waals surface area contributed by atoms with E-state index < -0.39 is 0 Å². The highest BCUT2D eigenvalue weighted by Crippen LogP contribution is 2.18. The largest absolute Gasteiger partial charge is 0.326 e. The van der Waals surface area contributed by atoms with E-state index in [1.54, 1.807) is 6.20 Å². The Morgan fingerprint density at radius 2 is 2.44 bits per heavy atom. The van der Waals surface area contributed by atoms with Crippen LogP contribution in [0.5, 0.6) is 0 Å². The number of carbonyl (C=O) groups is 1. The van der Waals surface area contributed by atoms with Crippen molar-refractivity contribution in [3.63, 3.8) is 0 Å². The lowest BCUT2D eigenvalue weighted by atomic mass is 10.0. The molecule has 16 heavy (non-hydrogen) atoms. The third-order valence-corrected chi connectivity index (χ3v) is 3.03. The van der Waals surface area contributed by atoms with Gasteiger partial charge in [-0.05, 0) is 38.9 Å². The lowest BCUT2D eigenvalue weighted by Gasteiger charge is -2.14. The number of amides is 1. The van der Waals surface area contributed by atoms with Gasteiger partial charge in [0.25, 0.3) is 0 Å². The molecule has 86 valence electrons. The molecule has 0 spiro atoms. The van der Waals surface area contributed by atoms with Crippen LogP contribution in [0.4, 0.5) is 5.69 Å². The molecule has 1 aromatic heterocycles. The van der Waals surface area contributed by atoms with E-state index in [0.717, 1.165) is 24.3 Å². The molecular formula is C12H17N3O. The summed E-state index contributed by atoms with van der Waals surface area (Å²) in [6.07, 6.45) is 2.62. The van der Waals surface area contributed by atoms with Crippen molar-refractivity contribution in [3.8, 4) is 0 Å². The van der Waals surface area contributed by atoms with Gasteiger partial charge in [0.05, 0.1) is 5.92 Å². The molecule has 2 rings (SSSR count). The highest BCUT2D eigenvalue weighted by molar-refractivity contribution is 5.93. The van der Waals surface area contributed by atoms with Crippen molar-refractivity contribution in [1.29, 1.82) is 0 Å². The molecule has 1 aromatic rings. The van der Waals surface area contributed by atoms with Gasteiger partial charge in [-0.1, -0.05) is 0 Å². The predicted molar refractivity (Wildman–Crippen MR) is 63.2 cm³/mol. The Hall–Kier alpha value is -1.42. The molecular weight excluding hydrogens is 202 g/mol. The third kappa shape index (κ3) is 2.39. The summed E-state index contributed by atoms with van der Waals surface area (Å²) < 4.78 is 0. The van der Waals surface area contributed by atoms with Crippen LogP contribution in [0.25, 0.3) is 0 Å². The van der Waals surface area contributed by atoms with E-state index in [1.165, 1.54) is 0 Å². The van der Waals surface area contributed by atoms with Gasteiger partial charge in [0, 0.05) is 23.6 Å². The second kappa shape index (κ2) is 4.61.